The Labute approximate surface area is 148 Å². The molecule has 1 aromatic heterocycles. The van der Waals surface area contributed by atoms with Crippen molar-refractivity contribution in [2.24, 2.45) is 5.10 Å². The number of hydrogen-bond acceptors (Lipinski definition) is 5. The van der Waals surface area contributed by atoms with Gasteiger partial charge < -0.3 is 13.9 Å². The summed E-state index contributed by atoms with van der Waals surface area (Å²) in [6.07, 6.45) is 4.93. The molecular weight excluding hydrogens is 376 g/mol. The van der Waals surface area contributed by atoms with Crippen molar-refractivity contribution in [2.75, 3.05) is 13.7 Å². The molecule has 1 N–H and O–H groups in total. The molecule has 0 fully saturated rings. The van der Waals surface area contributed by atoms with Crippen molar-refractivity contribution in [1.82, 2.24) is 5.43 Å². The van der Waals surface area contributed by atoms with Crippen LogP contribution in [0.3, 0.4) is 0 Å². The lowest BCUT2D eigenvalue weighted by Gasteiger charge is -2.08. The number of nitrogens with one attached hydrogen (secondary N) is 1. The lowest BCUT2D eigenvalue weighted by molar-refractivity contribution is -0.123. The molecule has 0 spiro atoms. The molecule has 0 aliphatic rings. The van der Waals surface area contributed by atoms with Crippen molar-refractivity contribution in [1.29, 1.82) is 0 Å². The molecule has 0 saturated heterocycles. The molecule has 1 aromatic carbocycles. The first-order valence-corrected chi connectivity index (χ1v) is 7.88. The van der Waals surface area contributed by atoms with Crippen molar-refractivity contribution in [3.05, 3.63) is 52.4 Å². The molecule has 0 saturated carbocycles. The number of methoxy groups -OCH3 is 1. The van der Waals surface area contributed by atoms with Crippen LogP contribution in [0.5, 0.6) is 11.5 Å². The largest absolute Gasteiger partial charge is 0.497 e. The predicted octanol–water partition coefficient (Wildman–Crippen LogP) is 3.64. The van der Waals surface area contributed by atoms with Gasteiger partial charge in [-0.3, -0.25) is 4.79 Å². The molecule has 0 atom stereocenters. The molecular formula is C17H17BrN2O4. The zero-order valence-corrected chi connectivity index (χ0v) is 14.9. The summed E-state index contributed by atoms with van der Waals surface area (Å²) in [6.45, 7) is 1.70. The molecule has 0 aliphatic carbocycles. The van der Waals surface area contributed by atoms with Crippen LogP contribution in [0.1, 0.15) is 12.7 Å². The quantitative estimate of drug-likeness (QED) is 0.576. The Morgan fingerprint density at radius 1 is 1.42 bits per heavy atom. The van der Waals surface area contributed by atoms with E-state index < -0.39 is 0 Å². The minimum atomic E-state index is -0.361. The first-order chi connectivity index (χ1) is 11.6. The normalized spacial score (nSPS) is 11.5. The van der Waals surface area contributed by atoms with Gasteiger partial charge in [-0.15, -0.1) is 0 Å². The second-order valence-electron chi connectivity index (χ2n) is 4.78. The lowest BCUT2D eigenvalue weighted by atomic mass is 10.3. The summed E-state index contributed by atoms with van der Waals surface area (Å²) in [4.78, 5) is 11.7. The predicted molar refractivity (Wildman–Crippen MR) is 95.2 cm³/mol. The van der Waals surface area contributed by atoms with Crippen LogP contribution in [-0.4, -0.2) is 25.8 Å². The van der Waals surface area contributed by atoms with E-state index in [9.17, 15) is 4.79 Å². The number of hydrazone groups is 1. The summed E-state index contributed by atoms with van der Waals surface area (Å²) in [5.41, 5.74) is 3.24. The Hall–Kier alpha value is -2.54. The van der Waals surface area contributed by atoms with E-state index in [-0.39, 0.29) is 12.5 Å². The maximum Gasteiger partial charge on any atom is 0.277 e. The molecule has 1 amide bonds. The van der Waals surface area contributed by atoms with Crippen LogP contribution in [0.15, 0.2) is 56.2 Å². The number of carbonyl (C=O) groups is 1. The Balaban J connectivity index is 1.80. The Bertz CT molecular complexity index is 739. The van der Waals surface area contributed by atoms with Gasteiger partial charge in [0, 0.05) is 0 Å². The number of benzene rings is 1. The summed E-state index contributed by atoms with van der Waals surface area (Å²) < 4.78 is 16.4. The molecule has 1 heterocycles. The van der Waals surface area contributed by atoms with Crippen molar-refractivity contribution in [3.63, 3.8) is 0 Å². The average Bonchev–Trinajstić information content (AvgIpc) is 3.06. The number of carbonyl (C=O) groups excluding carboxylic acids is 1. The van der Waals surface area contributed by atoms with Crippen molar-refractivity contribution in [3.8, 4) is 11.5 Å². The highest BCUT2D eigenvalue weighted by molar-refractivity contribution is 9.10. The van der Waals surface area contributed by atoms with Gasteiger partial charge in [-0.05, 0) is 64.8 Å². The monoisotopic (exact) mass is 392 g/mol. The molecule has 0 aliphatic heterocycles. The van der Waals surface area contributed by atoms with Gasteiger partial charge in [-0.1, -0.05) is 0 Å². The average molecular weight is 393 g/mol. The second-order valence-corrected chi connectivity index (χ2v) is 5.64. The first-order valence-electron chi connectivity index (χ1n) is 7.08. The number of nitrogens with zero attached hydrogens (tertiary/aromatic N) is 1. The number of allylic oxidation sites excluding steroid dienone is 1. The number of halogens is 1. The fourth-order valence-corrected chi connectivity index (χ4v) is 2.21. The van der Waals surface area contributed by atoms with Crippen LogP contribution in [0, 0.1) is 0 Å². The number of amides is 1. The van der Waals surface area contributed by atoms with E-state index in [4.69, 9.17) is 13.9 Å². The van der Waals surface area contributed by atoms with Crippen molar-refractivity contribution < 1.29 is 18.7 Å². The molecule has 24 heavy (non-hydrogen) atoms. The van der Waals surface area contributed by atoms with Gasteiger partial charge in [0.15, 0.2) is 6.61 Å². The van der Waals surface area contributed by atoms with E-state index in [1.807, 2.05) is 13.0 Å². The molecule has 126 valence electrons. The Morgan fingerprint density at radius 3 is 2.92 bits per heavy atom. The highest BCUT2D eigenvalue weighted by Gasteiger charge is 2.06. The third kappa shape index (κ3) is 5.58. The third-order valence-corrected chi connectivity index (χ3v) is 3.49. The van der Waals surface area contributed by atoms with Crippen molar-refractivity contribution >= 4 is 34.1 Å². The molecule has 6 nitrogen and oxygen atoms in total. The van der Waals surface area contributed by atoms with Crippen molar-refractivity contribution in [2.45, 2.75) is 6.92 Å². The zero-order valence-electron chi connectivity index (χ0n) is 13.3. The lowest BCUT2D eigenvalue weighted by Crippen LogP contribution is -2.24. The van der Waals surface area contributed by atoms with Gasteiger partial charge in [-0.2, -0.15) is 5.10 Å². The zero-order chi connectivity index (χ0) is 17.4. The smallest absolute Gasteiger partial charge is 0.277 e. The van der Waals surface area contributed by atoms with Crippen LogP contribution >= 0.6 is 15.9 Å². The highest BCUT2D eigenvalue weighted by Crippen LogP contribution is 2.28. The molecule has 7 heteroatoms. The topological polar surface area (TPSA) is 73.1 Å². The minimum Gasteiger partial charge on any atom is -0.497 e. The highest BCUT2D eigenvalue weighted by atomic mass is 79.9. The van der Waals surface area contributed by atoms with Crippen LogP contribution in [-0.2, 0) is 4.79 Å². The minimum absolute atomic E-state index is 0.150. The van der Waals surface area contributed by atoms with E-state index in [1.54, 1.807) is 43.7 Å². The molecule has 0 unspecified atom stereocenters. The number of furan rings is 1. The standard InChI is InChI=1S/C17H17BrN2O4/c1-12(8-14-4-3-7-23-14)10-19-20-17(21)11-24-16-6-5-13(22-2)9-15(16)18/h3-10H,11H2,1-2H3,(H,20,21)/b12-8+,19-10+. The molecule has 0 radical (unpaired) electrons. The maximum atomic E-state index is 11.7. The SMILES string of the molecule is COc1ccc(OCC(=O)N/N=C/C(C)=C/c2ccco2)c(Br)c1. The van der Waals surface area contributed by atoms with Gasteiger partial charge in [-0.25, -0.2) is 5.43 Å². The number of ether oxygens (including phenoxy) is 2. The fraction of sp³-hybridized carbons (Fsp3) is 0.176. The van der Waals surface area contributed by atoms with Crippen LogP contribution in [0.2, 0.25) is 0 Å². The third-order valence-electron chi connectivity index (χ3n) is 2.87. The Morgan fingerprint density at radius 2 is 2.25 bits per heavy atom. The summed E-state index contributed by atoms with van der Waals surface area (Å²) in [6, 6.07) is 8.85. The van der Waals surface area contributed by atoms with E-state index in [2.05, 4.69) is 26.5 Å². The maximum absolute atomic E-state index is 11.7. The molecule has 2 rings (SSSR count). The Kier molecular flexibility index (Phi) is 6.62. The number of hydrogen-bond donors (Lipinski definition) is 1. The van der Waals surface area contributed by atoms with Gasteiger partial charge >= 0.3 is 0 Å². The first kappa shape index (κ1) is 17.8. The second kappa shape index (κ2) is 8.93. The summed E-state index contributed by atoms with van der Waals surface area (Å²) in [5, 5.41) is 3.87. The van der Waals surface area contributed by atoms with Gasteiger partial charge in [0.25, 0.3) is 5.91 Å². The van der Waals surface area contributed by atoms with Crippen LogP contribution in [0.25, 0.3) is 6.08 Å². The van der Waals surface area contributed by atoms with Gasteiger partial charge in [0.05, 0.1) is 24.1 Å². The summed E-state index contributed by atoms with van der Waals surface area (Å²) >= 11 is 3.36. The van der Waals surface area contributed by atoms with Crippen LogP contribution < -0.4 is 14.9 Å². The van der Waals surface area contributed by atoms with Gasteiger partial charge in [0.1, 0.15) is 17.3 Å². The molecule has 2 aromatic rings. The van der Waals surface area contributed by atoms with E-state index in [0.29, 0.717) is 16.0 Å². The fourth-order valence-electron chi connectivity index (χ4n) is 1.74. The molecule has 0 bridgehead atoms. The van der Waals surface area contributed by atoms with Gasteiger partial charge in [0.2, 0.25) is 0 Å². The van der Waals surface area contributed by atoms with Crippen LogP contribution in [0.4, 0.5) is 0 Å². The number of rotatable bonds is 7. The van der Waals surface area contributed by atoms with E-state index in [1.165, 1.54) is 6.21 Å². The van der Waals surface area contributed by atoms with E-state index in [0.717, 1.165) is 11.3 Å². The summed E-state index contributed by atoms with van der Waals surface area (Å²) in [5.74, 6) is 1.60. The van der Waals surface area contributed by atoms with E-state index >= 15 is 0 Å². The summed E-state index contributed by atoms with van der Waals surface area (Å²) in [7, 11) is 1.58.